The molecule has 0 aliphatic rings. The first-order chi connectivity index (χ1) is 7.74. The van der Waals surface area contributed by atoms with E-state index in [4.69, 9.17) is 0 Å². The van der Waals surface area contributed by atoms with Gasteiger partial charge in [-0.3, -0.25) is 9.78 Å². The van der Waals surface area contributed by atoms with Crippen LogP contribution in [-0.2, 0) is 4.79 Å². The Bertz CT molecular complexity index is 374. The van der Waals surface area contributed by atoms with Gasteiger partial charge in [-0.1, -0.05) is 25.8 Å². The molecule has 1 rings (SSSR count). The van der Waals surface area contributed by atoms with Crippen molar-refractivity contribution in [2.45, 2.75) is 32.6 Å². The third-order valence-electron chi connectivity index (χ3n) is 2.28. The highest BCUT2D eigenvalue weighted by Crippen LogP contribution is 2.15. The molecule has 0 bridgehead atoms. The molecule has 16 heavy (non-hydrogen) atoms. The molecule has 0 amide bonds. The summed E-state index contributed by atoms with van der Waals surface area (Å²) in [4.78, 5) is 15.5. The summed E-state index contributed by atoms with van der Waals surface area (Å²) in [5.74, 6) is 0.192. The van der Waals surface area contributed by atoms with Crippen LogP contribution < -0.4 is 0 Å². The molecule has 0 unspecified atom stereocenters. The fourth-order valence-corrected chi connectivity index (χ4v) is 1.72. The lowest BCUT2D eigenvalue weighted by molar-refractivity contribution is -0.114. The summed E-state index contributed by atoms with van der Waals surface area (Å²) in [7, 11) is 0. The Kier molecular flexibility index (Phi) is 6.01. The summed E-state index contributed by atoms with van der Waals surface area (Å²) in [5.41, 5.74) is 0.985. The van der Waals surface area contributed by atoms with Crippen LogP contribution in [0.25, 0.3) is 6.08 Å². The molecule has 0 fully saturated rings. The van der Waals surface area contributed by atoms with E-state index in [2.05, 4.69) is 27.8 Å². The van der Waals surface area contributed by atoms with Crippen LogP contribution in [0.1, 0.15) is 38.2 Å². The minimum atomic E-state index is 0.192. The van der Waals surface area contributed by atoms with E-state index in [9.17, 15) is 4.79 Å². The van der Waals surface area contributed by atoms with Gasteiger partial charge in [0.05, 0.1) is 0 Å². The molecule has 0 aliphatic carbocycles. The van der Waals surface area contributed by atoms with Crippen molar-refractivity contribution < 1.29 is 4.79 Å². The Morgan fingerprint density at radius 2 is 2.31 bits per heavy atom. The molecular weight excluding hydrogens is 266 g/mol. The molecule has 0 N–H and O–H groups in total. The first kappa shape index (κ1) is 13.1. The minimum Gasteiger partial charge on any atom is -0.295 e. The Hall–Kier alpha value is -0.960. The Balaban J connectivity index is 2.47. The first-order valence-electron chi connectivity index (χ1n) is 5.54. The monoisotopic (exact) mass is 281 g/mol. The Labute approximate surface area is 105 Å². The highest BCUT2D eigenvalue weighted by Gasteiger charge is 1.98. The molecule has 3 heteroatoms. The molecule has 0 atom stereocenters. The fraction of sp³-hybridized carbons (Fsp3) is 0.385. The third-order valence-corrected chi connectivity index (χ3v) is 2.94. The van der Waals surface area contributed by atoms with Crippen LogP contribution in [0.5, 0.6) is 0 Å². The summed E-state index contributed by atoms with van der Waals surface area (Å²) in [6, 6.07) is 1.87. The van der Waals surface area contributed by atoms with Crippen molar-refractivity contribution in [2.24, 2.45) is 0 Å². The van der Waals surface area contributed by atoms with Crippen molar-refractivity contribution in [3.8, 4) is 0 Å². The number of hydrogen-bond acceptors (Lipinski definition) is 2. The zero-order valence-electron chi connectivity index (χ0n) is 9.45. The van der Waals surface area contributed by atoms with Crippen molar-refractivity contribution in [3.05, 3.63) is 34.6 Å². The van der Waals surface area contributed by atoms with Crippen LogP contribution in [-0.4, -0.2) is 10.8 Å². The second-order valence-corrected chi connectivity index (χ2v) is 4.51. The lowest BCUT2D eigenvalue weighted by atomic mass is 10.1. The van der Waals surface area contributed by atoms with Crippen molar-refractivity contribution in [2.75, 3.05) is 0 Å². The number of rotatable bonds is 6. The zero-order valence-corrected chi connectivity index (χ0v) is 11.0. The predicted octanol–water partition coefficient (Wildman–Crippen LogP) is 4.01. The number of allylic oxidation sites excluding steroid dienone is 1. The number of carbonyl (C=O) groups excluding carboxylic acids is 1. The Morgan fingerprint density at radius 1 is 1.50 bits per heavy atom. The van der Waals surface area contributed by atoms with Gasteiger partial charge in [0.15, 0.2) is 5.78 Å². The molecule has 0 spiro atoms. The number of hydrogen-bond donors (Lipinski definition) is 0. The molecule has 2 nitrogen and oxygen atoms in total. The lowest BCUT2D eigenvalue weighted by Gasteiger charge is -1.97. The zero-order chi connectivity index (χ0) is 11.8. The maximum Gasteiger partial charge on any atom is 0.155 e. The number of unbranched alkanes of at least 4 members (excludes halogenated alkanes) is 2. The van der Waals surface area contributed by atoms with Crippen molar-refractivity contribution in [1.29, 1.82) is 0 Å². The van der Waals surface area contributed by atoms with Gasteiger partial charge in [-0.05, 0) is 40.1 Å². The van der Waals surface area contributed by atoms with E-state index >= 15 is 0 Å². The van der Waals surface area contributed by atoms with Gasteiger partial charge in [0.25, 0.3) is 0 Å². The molecular formula is C13H16BrNO. The van der Waals surface area contributed by atoms with Crippen LogP contribution in [0.2, 0.25) is 0 Å². The average Bonchev–Trinajstić information content (AvgIpc) is 2.28. The summed E-state index contributed by atoms with van der Waals surface area (Å²) < 4.78 is 0.910. The predicted molar refractivity (Wildman–Crippen MR) is 70.1 cm³/mol. The van der Waals surface area contributed by atoms with Gasteiger partial charge in [0, 0.05) is 23.3 Å². The maximum absolute atomic E-state index is 11.5. The van der Waals surface area contributed by atoms with E-state index < -0.39 is 0 Å². The van der Waals surface area contributed by atoms with Crippen molar-refractivity contribution in [1.82, 2.24) is 4.98 Å². The van der Waals surface area contributed by atoms with Crippen LogP contribution in [0.3, 0.4) is 0 Å². The summed E-state index contributed by atoms with van der Waals surface area (Å²) in [6.45, 7) is 2.13. The van der Waals surface area contributed by atoms with Crippen LogP contribution >= 0.6 is 15.9 Å². The van der Waals surface area contributed by atoms with Gasteiger partial charge in [-0.2, -0.15) is 0 Å². The number of nitrogens with zero attached hydrogens (tertiary/aromatic N) is 1. The summed E-state index contributed by atoms with van der Waals surface area (Å²) in [5, 5.41) is 0. The molecule has 0 aromatic carbocycles. The number of aromatic nitrogens is 1. The number of carbonyl (C=O) groups is 1. The normalized spacial score (nSPS) is 10.9. The smallest absolute Gasteiger partial charge is 0.155 e. The van der Waals surface area contributed by atoms with E-state index in [1.807, 2.05) is 12.1 Å². The third kappa shape index (κ3) is 4.71. The van der Waals surface area contributed by atoms with Gasteiger partial charge in [0.2, 0.25) is 0 Å². The Morgan fingerprint density at radius 3 is 3.00 bits per heavy atom. The van der Waals surface area contributed by atoms with E-state index in [1.165, 1.54) is 0 Å². The van der Waals surface area contributed by atoms with Gasteiger partial charge in [-0.15, -0.1) is 0 Å². The molecule has 0 aliphatic heterocycles. The number of halogens is 1. The standard InChI is InChI=1S/C13H16BrNO/c1-2-3-4-5-12(16)7-6-11-8-9-15-10-13(11)14/h6-10H,2-5H2,1H3/b7-6+. The average molecular weight is 282 g/mol. The van der Waals surface area contributed by atoms with Crippen LogP contribution in [0.15, 0.2) is 29.0 Å². The fourth-order valence-electron chi connectivity index (χ4n) is 1.34. The molecule has 0 radical (unpaired) electrons. The number of pyridine rings is 1. The van der Waals surface area contributed by atoms with Gasteiger partial charge in [0.1, 0.15) is 0 Å². The van der Waals surface area contributed by atoms with E-state index in [0.29, 0.717) is 6.42 Å². The molecule has 1 aromatic heterocycles. The lowest BCUT2D eigenvalue weighted by Crippen LogP contribution is -1.91. The quantitative estimate of drug-likeness (QED) is 0.583. The molecule has 1 aromatic rings. The molecule has 0 saturated heterocycles. The summed E-state index contributed by atoms with van der Waals surface area (Å²) >= 11 is 3.39. The topological polar surface area (TPSA) is 30.0 Å². The van der Waals surface area contributed by atoms with E-state index in [-0.39, 0.29) is 5.78 Å². The van der Waals surface area contributed by atoms with Crippen LogP contribution in [0, 0.1) is 0 Å². The largest absolute Gasteiger partial charge is 0.295 e. The van der Waals surface area contributed by atoms with Crippen molar-refractivity contribution in [3.63, 3.8) is 0 Å². The van der Waals surface area contributed by atoms with Crippen molar-refractivity contribution >= 4 is 27.8 Å². The second-order valence-electron chi connectivity index (χ2n) is 3.65. The highest BCUT2D eigenvalue weighted by atomic mass is 79.9. The van der Waals surface area contributed by atoms with Gasteiger partial charge < -0.3 is 0 Å². The van der Waals surface area contributed by atoms with Gasteiger partial charge in [-0.25, -0.2) is 0 Å². The molecule has 86 valence electrons. The summed E-state index contributed by atoms with van der Waals surface area (Å²) in [6.07, 6.45) is 10.8. The highest BCUT2D eigenvalue weighted by molar-refractivity contribution is 9.10. The molecule has 0 saturated carbocycles. The number of ketones is 1. The molecule has 1 heterocycles. The minimum absolute atomic E-state index is 0.192. The van der Waals surface area contributed by atoms with E-state index in [1.54, 1.807) is 18.5 Å². The SMILES string of the molecule is CCCCCC(=O)/C=C/c1ccncc1Br. The van der Waals surface area contributed by atoms with E-state index in [0.717, 1.165) is 29.3 Å². The van der Waals surface area contributed by atoms with Crippen LogP contribution in [0.4, 0.5) is 0 Å². The van der Waals surface area contributed by atoms with Gasteiger partial charge >= 0.3 is 0 Å². The maximum atomic E-state index is 11.5. The first-order valence-corrected chi connectivity index (χ1v) is 6.33. The second kappa shape index (κ2) is 7.34.